The van der Waals surface area contributed by atoms with Gasteiger partial charge < -0.3 is 15.5 Å². The summed E-state index contributed by atoms with van der Waals surface area (Å²) in [6.07, 6.45) is 4.81. The van der Waals surface area contributed by atoms with Gasteiger partial charge in [-0.3, -0.25) is 9.59 Å². The molecule has 3 heterocycles. The number of piperidine rings is 1. The first-order chi connectivity index (χ1) is 14.9. The van der Waals surface area contributed by atoms with Gasteiger partial charge in [0.25, 0.3) is 5.91 Å². The number of fused-ring (bicyclic) bond motifs is 1. The number of aromatic nitrogens is 2. The van der Waals surface area contributed by atoms with Gasteiger partial charge in [0.15, 0.2) is 5.65 Å². The molecule has 1 aliphatic heterocycles. The first-order valence-corrected chi connectivity index (χ1v) is 10.6. The highest BCUT2D eigenvalue weighted by atomic mass is 16.2. The minimum atomic E-state index is -0.120. The van der Waals surface area contributed by atoms with Crippen molar-refractivity contribution in [3.63, 3.8) is 0 Å². The van der Waals surface area contributed by atoms with Crippen molar-refractivity contribution in [2.75, 3.05) is 17.2 Å². The van der Waals surface area contributed by atoms with Crippen LogP contribution in [0.4, 0.5) is 17.1 Å². The highest BCUT2D eigenvalue weighted by Crippen LogP contribution is 2.31. The van der Waals surface area contributed by atoms with Crippen LogP contribution in [0.1, 0.15) is 49.2 Å². The van der Waals surface area contributed by atoms with Gasteiger partial charge in [0.05, 0.1) is 11.3 Å². The van der Waals surface area contributed by atoms with Gasteiger partial charge in [-0.1, -0.05) is 0 Å². The summed E-state index contributed by atoms with van der Waals surface area (Å²) in [7, 11) is 0. The number of anilines is 3. The molecule has 2 aromatic heterocycles. The minimum Gasteiger partial charge on any atom is -0.354 e. The molecule has 31 heavy (non-hydrogen) atoms. The Kier molecular flexibility index (Phi) is 5.84. The Morgan fingerprint density at radius 3 is 2.52 bits per heavy atom. The number of aryl methyl sites for hydroxylation is 1. The summed E-state index contributed by atoms with van der Waals surface area (Å²) in [4.78, 5) is 35.7. The topological polar surface area (TPSA) is 87.2 Å². The number of nitrogens with zero attached hydrogens (tertiary/aromatic N) is 3. The summed E-state index contributed by atoms with van der Waals surface area (Å²) >= 11 is 0. The van der Waals surface area contributed by atoms with Crippen LogP contribution < -0.4 is 10.6 Å². The zero-order valence-corrected chi connectivity index (χ0v) is 18.1. The quantitative estimate of drug-likeness (QED) is 0.645. The van der Waals surface area contributed by atoms with Crippen molar-refractivity contribution in [2.24, 2.45) is 0 Å². The third-order valence-corrected chi connectivity index (χ3v) is 5.64. The molecule has 1 saturated heterocycles. The van der Waals surface area contributed by atoms with E-state index >= 15 is 0 Å². The molecule has 0 unspecified atom stereocenters. The van der Waals surface area contributed by atoms with Crippen molar-refractivity contribution in [3.05, 3.63) is 53.9 Å². The molecule has 3 aromatic rings. The lowest BCUT2D eigenvalue weighted by atomic mass is 10.0. The number of pyridine rings is 2. The highest BCUT2D eigenvalue weighted by molar-refractivity contribution is 6.07. The molecule has 2 N–H and O–H groups in total. The Bertz CT molecular complexity index is 1130. The van der Waals surface area contributed by atoms with Crippen molar-refractivity contribution in [1.82, 2.24) is 14.9 Å². The van der Waals surface area contributed by atoms with Crippen molar-refractivity contribution in [3.8, 4) is 0 Å². The van der Waals surface area contributed by atoms with Crippen LogP contribution >= 0.6 is 0 Å². The second kappa shape index (κ2) is 8.71. The molecule has 1 fully saturated rings. The summed E-state index contributed by atoms with van der Waals surface area (Å²) in [6, 6.07) is 11.5. The van der Waals surface area contributed by atoms with Crippen molar-refractivity contribution >= 4 is 39.9 Å². The summed E-state index contributed by atoms with van der Waals surface area (Å²) in [5.74, 6) is -0.134. The number of carbonyl (C=O) groups excluding carboxylic acids is 2. The van der Waals surface area contributed by atoms with E-state index in [2.05, 4.69) is 27.5 Å². The third kappa shape index (κ3) is 4.50. The molecule has 0 saturated carbocycles. The summed E-state index contributed by atoms with van der Waals surface area (Å²) in [5, 5.41) is 6.97. The molecule has 4 rings (SSSR count). The molecular weight excluding hydrogens is 390 g/mol. The fourth-order valence-electron chi connectivity index (χ4n) is 4.01. The van der Waals surface area contributed by atoms with E-state index in [1.165, 1.54) is 6.92 Å². The van der Waals surface area contributed by atoms with Crippen LogP contribution in [-0.2, 0) is 4.79 Å². The lowest BCUT2D eigenvalue weighted by Crippen LogP contribution is -2.42. The molecule has 2 amide bonds. The number of nitrogens with one attached hydrogen (secondary N) is 2. The monoisotopic (exact) mass is 417 g/mol. The number of carbonyl (C=O) groups is 2. The summed E-state index contributed by atoms with van der Waals surface area (Å²) < 4.78 is 0. The van der Waals surface area contributed by atoms with E-state index < -0.39 is 0 Å². The second-order valence-electron chi connectivity index (χ2n) is 8.10. The molecule has 160 valence electrons. The third-order valence-electron chi connectivity index (χ3n) is 5.64. The minimum absolute atomic E-state index is 0.0143. The first kappa shape index (κ1) is 20.8. The molecule has 0 aliphatic carbocycles. The van der Waals surface area contributed by atoms with Gasteiger partial charge in [-0.2, -0.15) is 0 Å². The lowest BCUT2D eigenvalue weighted by molar-refractivity contribution is -0.114. The number of likely N-dealkylation sites (tertiary alicyclic amines) is 1. The summed E-state index contributed by atoms with van der Waals surface area (Å²) in [5.41, 5.74) is 4.23. The molecule has 1 aromatic carbocycles. The van der Waals surface area contributed by atoms with Gasteiger partial charge in [0, 0.05) is 48.2 Å². The first-order valence-electron chi connectivity index (χ1n) is 10.6. The normalized spacial score (nSPS) is 16.2. The Balaban J connectivity index is 1.74. The van der Waals surface area contributed by atoms with Crippen LogP contribution in [0, 0.1) is 6.92 Å². The number of hydrogen-bond donors (Lipinski definition) is 2. The predicted molar refractivity (Wildman–Crippen MR) is 123 cm³/mol. The lowest BCUT2D eigenvalue weighted by Gasteiger charge is -2.34. The molecule has 0 bridgehead atoms. The van der Waals surface area contributed by atoms with Crippen LogP contribution in [-0.4, -0.2) is 39.3 Å². The van der Waals surface area contributed by atoms with Crippen molar-refractivity contribution in [1.29, 1.82) is 0 Å². The van der Waals surface area contributed by atoms with E-state index in [9.17, 15) is 9.59 Å². The largest absolute Gasteiger partial charge is 0.354 e. The smallest absolute Gasteiger partial charge is 0.257 e. The predicted octanol–water partition coefficient (Wildman–Crippen LogP) is 4.65. The molecular formula is C24H27N5O2. The molecule has 7 nitrogen and oxygen atoms in total. The van der Waals surface area contributed by atoms with Gasteiger partial charge >= 0.3 is 0 Å². The Hall–Kier alpha value is -3.48. The number of hydrogen-bond acceptors (Lipinski definition) is 5. The van der Waals surface area contributed by atoms with E-state index in [-0.39, 0.29) is 17.9 Å². The van der Waals surface area contributed by atoms with E-state index in [1.807, 2.05) is 48.2 Å². The van der Waals surface area contributed by atoms with Crippen LogP contribution in [0.15, 0.2) is 42.6 Å². The standard InChI is InChI=1S/C24H27N5O2/c1-15-7-12-20-22(28-19-10-8-18(9-11-19)27-17(3)30)21(14-25-23(20)26-15)24(31)29-13-5-4-6-16(29)2/h7-12,14,16H,4-6,13H2,1-3H3,(H,27,30)(H,25,26,28)/t16-/m0/s1. The Morgan fingerprint density at radius 1 is 1.06 bits per heavy atom. The zero-order chi connectivity index (χ0) is 22.0. The van der Waals surface area contributed by atoms with Gasteiger partial charge in [-0.25, -0.2) is 9.97 Å². The average molecular weight is 418 g/mol. The Labute approximate surface area is 181 Å². The van der Waals surface area contributed by atoms with Gasteiger partial charge in [0.2, 0.25) is 5.91 Å². The van der Waals surface area contributed by atoms with Crippen LogP contribution in [0.2, 0.25) is 0 Å². The molecule has 1 aliphatic rings. The zero-order valence-electron chi connectivity index (χ0n) is 18.1. The SMILES string of the molecule is CC(=O)Nc1ccc(Nc2c(C(=O)N3CCCC[C@@H]3C)cnc3nc(C)ccc23)cc1. The molecule has 1 atom stereocenters. The maximum atomic E-state index is 13.5. The van der Waals surface area contributed by atoms with Gasteiger partial charge in [-0.15, -0.1) is 0 Å². The molecule has 7 heteroatoms. The van der Waals surface area contributed by atoms with Gasteiger partial charge in [-0.05, 0) is 69.5 Å². The Morgan fingerprint density at radius 2 is 1.81 bits per heavy atom. The van der Waals surface area contributed by atoms with Gasteiger partial charge in [0.1, 0.15) is 0 Å². The van der Waals surface area contributed by atoms with E-state index in [0.29, 0.717) is 22.6 Å². The van der Waals surface area contributed by atoms with Crippen LogP contribution in [0.25, 0.3) is 11.0 Å². The van der Waals surface area contributed by atoms with Crippen LogP contribution in [0.3, 0.4) is 0 Å². The van der Waals surface area contributed by atoms with E-state index in [1.54, 1.807) is 6.20 Å². The molecule has 0 spiro atoms. The fourth-order valence-corrected chi connectivity index (χ4v) is 4.01. The fraction of sp³-hybridized carbons (Fsp3) is 0.333. The summed E-state index contributed by atoms with van der Waals surface area (Å²) in [6.45, 7) is 6.26. The maximum Gasteiger partial charge on any atom is 0.257 e. The number of benzene rings is 1. The van der Waals surface area contributed by atoms with E-state index in [4.69, 9.17) is 0 Å². The average Bonchev–Trinajstić information content (AvgIpc) is 2.74. The van der Waals surface area contributed by atoms with Crippen molar-refractivity contribution < 1.29 is 9.59 Å². The second-order valence-corrected chi connectivity index (χ2v) is 8.10. The number of rotatable bonds is 4. The van der Waals surface area contributed by atoms with Crippen LogP contribution in [0.5, 0.6) is 0 Å². The van der Waals surface area contributed by atoms with E-state index in [0.717, 1.165) is 42.6 Å². The maximum absolute atomic E-state index is 13.5. The van der Waals surface area contributed by atoms with Crippen molar-refractivity contribution in [2.45, 2.75) is 46.1 Å². The molecule has 0 radical (unpaired) electrons. The number of amides is 2. The highest BCUT2D eigenvalue weighted by Gasteiger charge is 2.27.